The average molecular weight is 409 g/mol. The van der Waals surface area contributed by atoms with Gasteiger partial charge in [0.2, 0.25) is 0 Å². The van der Waals surface area contributed by atoms with Crippen molar-refractivity contribution in [1.29, 1.82) is 0 Å². The van der Waals surface area contributed by atoms with Gasteiger partial charge in [-0.1, -0.05) is 96.8 Å². The molecule has 0 atom stereocenters. The van der Waals surface area contributed by atoms with E-state index in [1.165, 1.54) is 109 Å². The van der Waals surface area contributed by atoms with Gasteiger partial charge in [-0.05, 0) is 12.8 Å². The summed E-state index contributed by atoms with van der Waals surface area (Å²) in [6.45, 7) is 3.63. The molecule has 0 amide bonds. The Morgan fingerprint density at radius 1 is 0.435 bits per heavy atom. The first-order chi connectivity index (χ1) is 10.6. The fourth-order valence-electron chi connectivity index (χ4n) is 3.13. The number of rotatable bonds is 17. The topological polar surface area (TPSA) is 0 Å². The average Bonchev–Trinajstić information content (AvgIpc) is 2.45. The van der Waals surface area contributed by atoms with Gasteiger partial charge in [-0.25, -0.2) is 0 Å². The van der Waals surface area contributed by atoms with Gasteiger partial charge in [0.05, 0.1) is 27.7 Å². The van der Waals surface area contributed by atoms with E-state index in [-0.39, 0.29) is 21.1 Å². The van der Waals surface area contributed by atoms with E-state index < -0.39 is 0 Å². The molecule has 136 valence electrons. The molecule has 23 heavy (non-hydrogen) atoms. The summed E-state index contributed by atoms with van der Waals surface area (Å²) in [5, 5.41) is 0. The van der Waals surface area contributed by atoms with Crippen molar-refractivity contribution in [3.05, 3.63) is 0 Å². The molecule has 0 aliphatic carbocycles. The minimum absolute atomic E-state index is 0. The Labute approximate surface area is 162 Å². The summed E-state index contributed by atoms with van der Waals surface area (Å²) < 4.78 is 1.12. The molecule has 0 aromatic carbocycles. The van der Waals surface area contributed by atoms with Crippen LogP contribution in [0.4, 0.5) is 0 Å². The van der Waals surface area contributed by atoms with Gasteiger partial charge in [0, 0.05) is 0 Å². The second kappa shape index (κ2) is 19.0. The first-order valence-electron chi connectivity index (χ1n) is 10.4. The molecule has 0 fully saturated rings. The first kappa shape index (κ1) is 25.9. The second-order valence-electron chi connectivity index (χ2n) is 8.32. The summed E-state index contributed by atoms with van der Waals surface area (Å²) in [5.74, 6) is 0. The monoisotopic (exact) mass is 410 g/mol. The van der Waals surface area contributed by atoms with Gasteiger partial charge >= 0.3 is 21.1 Å². The van der Waals surface area contributed by atoms with E-state index in [4.69, 9.17) is 0 Å². The van der Waals surface area contributed by atoms with Gasteiger partial charge < -0.3 is 4.48 Å². The maximum absolute atomic E-state index is 2.30. The molecule has 0 radical (unpaired) electrons. The van der Waals surface area contributed by atoms with Crippen LogP contribution in [0.2, 0.25) is 0 Å². The number of unbranched alkanes of at least 4 members (excludes halogenated alkanes) is 15. The van der Waals surface area contributed by atoms with Gasteiger partial charge in [0.1, 0.15) is 0 Å². The minimum Gasteiger partial charge on any atom is -0.331 e. The van der Waals surface area contributed by atoms with Crippen LogP contribution in [0.3, 0.4) is 0 Å². The van der Waals surface area contributed by atoms with Crippen molar-refractivity contribution in [1.82, 2.24) is 0 Å². The van der Waals surface area contributed by atoms with E-state index in [9.17, 15) is 0 Å². The van der Waals surface area contributed by atoms with Crippen LogP contribution < -0.4 is 0 Å². The zero-order valence-corrected chi connectivity index (χ0v) is 18.9. The summed E-state index contributed by atoms with van der Waals surface area (Å²) >= 11 is 0. The third-order valence-corrected chi connectivity index (χ3v) is 4.68. The van der Waals surface area contributed by atoms with Crippen molar-refractivity contribution >= 4 is 0 Å². The molecule has 0 unspecified atom stereocenters. The first-order valence-corrected chi connectivity index (χ1v) is 10.4. The molecule has 1 nitrogen and oxygen atoms in total. The Kier molecular flexibility index (Phi) is 21.4. The standard InChI is InChI=1S/C21H46N.Mo/c1-5-6-7-8-9-10-11-12-13-14-15-16-17-18-19-20-21-22(2,3)4;/h5-21H2,1-4H3;/q+1;+4. The van der Waals surface area contributed by atoms with Gasteiger partial charge in [-0.3, -0.25) is 0 Å². The SMILES string of the molecule is CCCCCCCCCCCCCCCCCC[N+](C)(C)C.[Mo+4]. The number of hydrogen-bond donors (Lipinski definition) is 0. The summed E-state index contributed by atoms with van der Waals surface area (Å²) in [6.07, 6.45) is 23.4. The molecular weight excluding hydrogens is 362 g/mol. The largest absolute Gasteiger partial charge is 4.00 e. The quantitative estimate of drug-likeness (QED) is 0.139. The number of hydrogen-bond acceptors (Lipinski definition) is 0. The van der Waals surface area contributed by atoms with Crippen molar-refractivity contribution < 1.29 is 25.5 Å². The molecule has 0 rings (SSSR count). The Balaban J connectivity index is 0. The summed E-state index contributed by atoms with van der Waals surface area (Å²) in [6, 6.07) is 0. The Morgan fingerprint density at radius 2 is 0.696 bits per heavy atom. The molecule has 0 saturated carbocycles. The van der Waals surface area contributed by atoms with Crippen molar-refractivity contribution in [2.24, 2.45) is 0 Å². The van der Waals surface area contributed by atoms with Crippen LogP contribution in [0.15, 0.2) is 0 Å². The fourth-order valence-corrected chi connectivity index (χ4v) is 3.13. The van der Waals surface area contributed by atoms with Crippen LogP contribution in [0, 0.1) is 0 Å². The van der Waals surface area contributed by atoms with E-state index in [0.29, 0.717) is 0 Å². The maximum atomic E-state index is 2.30. The van der Waals surface area contributed by atoms with E-state index in [2.05, 4.69) is 28.1 Å². The molecule has 0 aliphatic rings. The molecule has 0 heterocycles. The van der Waals surface area contributed by atoms with Crippen molar-refractivity contribution in [2.75, 3.05) is 27.7 Å². The molecule has 0 spiro atoms. The van der Waals surface area contributed by atoms with Crippen LogP contribution >= 0.6 is 0 Å². The second-order valence-corrected chi connectivity index (χ2v) is 8.32. The van der Waals surface area contributed by atoms with Gasteiger partial charge in [0.15, 0.2) is 0 Å². The molecule has 0 bridgehead atoms. The predicted octanol–water partition coefficient (Wildman–Crippen LogP) is 6.95. The molecule has 0 N–H and O–H groups in total. The molecule has 0 aromatic heterocycles. The predicted molar refractivity (Wildman–Crippen MR) is 102 cm³/mol. The van der Waals surface area contributed by atoms with Crippen LogP contribution in [0.1, 0.15) is 110 Å². The van der Waals surface area contributed by atoms with E-state index in [0.717, 1.165) is 4.48 Å². The normalized spacial score (nSPS) is 11.5. The number of nitrogens with zero attached hydrogens (tertiary/aromatic N) is 1. The van der Waals surface area contributed by atoms with Gasteiger partial charge in [-0.2, -0.15) is 0 Å². The Morgan fingerprint density at radius 3 is 0.957 bits per heavy atom. The van der Waals surface area contributed by atoms with Gasteiger partial charge in [-0.15, -0.1) is 0 Å². The van der Waals surface area contributed by atoms with Gasteiger partial charge in [0.25, 0.3) is 0 Å². The Bertz CT molecular complexity index is 210. The van der Waals surface area contributed by atoms with E-state index in [1.807, 2.05) is 0 Å². The third kappa shape index (κ3) is 25.0. The molecule has 0 aromatic rings. The summed E-state index contributed by atoms with van der Waals surface area (Å²) in [4.78, 5) is 0. The fraction of sp³-hybridized carbons (Fsp3) is 1.00. The van der Waals surface area contributed by atoms with Crippen LogP contribution in [0.5, 0.6) is 0 Å². The Hall–Kier alpha value is 0.648. The van der Waals surface area contributed by atoms with E-state index >= 15 is 0 Å². The summed E-state index contributed by atoms with van der Waals surface area (Å²) in [7, 11) is 6.89. The van der Waals surface area contributed by atoms with Crippen molar-refractivity contribution in [3.8, 4) is 0 Å². The van der Waals surface area contributed by atoms with Crippen molar-refractivity contribution in [3.63, 3.8) is 0 Å². The van der Waals surface area contributed by atoms with Crippen LogP contribution in [-0.4, -0.2) is 32.2 Å². The van der Waals surface area contributed by atoms with Crippen LogP contribution in [-0.2, 0) is 21.1 Å². The molecule has 2 heteroatoms. The molecule has 0 aliphatic heterocycles. The smallest absolute Gasteiger partial charge is 0.331 e. The van der Waals surface area contributed by atoms with E-state index in [1.54, 1.807) is 0 Å². The van der Waals surface area contributed by atoms with Crippen LogP contribution in [0.25, 0.3) is 0 Å². The summed E-state index contributed by atoms with van der Waals surface area (Å²) in [5.41, 5.74) is 0. The number of quaternary nitrogens is 1. The van der Waals surface area contributed by atoms with Crippen molar-refractivity contribution in [2.45, 2.75) is 110 Å². The zero-order chi connectivity index (χ0) is 16.5. The zero-order valence-electron chi connectivity index (χ0n) is 16.9. The minimum atomic E-state index is 0. The molecular formula is C21H46MoN+5. The molecule has 0 saturated heterocycles. The maximum Gasteiger partial charge on any atom is 4.00 e. The third-order valence-electron chi connectivity index (χ3n) is 4.68.